The van der Waals surface area contributed by atoms with Crippen LogP contribution < -0.4 is 10.6 Å². The Morgan fingerprint density at radius 3 is 2.48 bits per heavy atom. The van der Waals surface area contributed by atoms with Crippen LogP contribution >= 0.6 is 11.6 Å². The molecule has 0 saturated heterocycles. The van der Waals surface area contributed by atoms with Crippen LogP contribution in [0.3, 0.4) is 0 Å². The summed E-state index contributed by atoms with van der Waals surface area (Å²) < 4.78 is 13.6. The lowest BCUT2D eigenvalue weighted by Gasteiger charge is -2.08. The van der Waals surface area contributed by atoms with E-state index in [0.717, 1.165) is 22.2 Å². The van der Waals surface area contributed by atoms with Crippen LogP contribution in [0, 0.1) is 5.82 Å². The van der Waals surface area contributed by atoms with Gasteiger partial charge in [-0.25, -0.2) is 9.18 Å². The Morgan fingerprint density at radius 1 is 0.926 bits per heavy atom. The maximum Gasteiger partial charge on any atom is 0.323 e. The van der Waals surface area contributed by atoms with Gasteiger partial charge >= 0.3 is 6.03 Å². The van der Waals surface area contributed by atoms with Gasteiger partial charge in [-0.15, -0.1) is 0 Å². The molecule has 1 heterocycles. The Labute approximate surface area is 160 Å². The van der Waals surface area contributed by atoms with E-state index in [1.807, 2.05) is 36.4 Å². The summed E-state index contributed by atoms with van der Waals surface area (Å²) in [4.78, 5) is 15.4. The Bertz CT molecular complexity index is 1120. The zero-order valence-electron chi connectivity index (χ0n) is 14.1. The summed E-state index contributed by atoms with van der Waals surface area (Å²) in [6.45, 7) is 0. The number of aromatic amines is 1. The van der Waals surface area contributed by atoms with Gasteiger partial charge in [-0.05, 0) is 54.1 Å². The number of hydrogen-bond acceptors (Lipinski definition) is 1. The fourth-order valence-corrected chi connectivity index (χ4v) is 3.02. The average molecular weight is 380 g/mol. The lowest BCUT2D eigenvalue weighted by atomic mass is 10.1. The quantitative estimate of drug-likeness (QED) is 0.386. The van der Waals surface area contributed by atoms with Crippen LogP contribution in [-0.4, -0.2) is 11.0 Å². The van der Waals surface area contributed by atoms with Crippen LogP contribution in [0.15, 0.2) is 72.8 Å². The molecule has 0 fully saturated rings. The van der Waals surface area contributed by atoms with E-state index < -0.39 is 11.8 Å². The topological polar surface area (TPSA) is 56.9 Å². The van der Waals surface area contributed by atoms with Gasteiger partial charge in [0, 0.05) is 27.3 Å². The van der Waals surface area contributed by atoms with Gasteiger partial charge < -0.3 is 15.6 Å². The molecule has 6 heteroatoms. The van der Waals surface area contributed by atoms with E-state index in [4.69, 9.17) is 11.6 Å². The number of urea groups is 1. The van der Waals surface area contributed by atoms with E-state index in [-0.39, 0.29) is 5.69 Å². The molecule has 1 aromatic heterocycles. The van der Waals surface area contributed by atoms with Crippen LogP contribution in [0.25, 0.3) is 22.2 Å². The van der Waals surface area contributed by atoms with Crippen molar-refractivity contribution in [2.45, 2.75) is 0 Å². The van der Waals surface area contributed by atoms with Gasteiger partial charge in [0.25, 0.3) is 0 Å². The lowest BCUT2D eigenvalue weighted by molar-refractivity contribution is 0.262. The van der Waals surface area contributed by atoms with Crippen molar-refractivity contribution < 1.29 is 9.18 Å². The van der Waals surface area contributed by atoms with Crippen molar-refractivity contribution in [2.24, 2.45) is 0 Å². The maximum atomic E-state index is 13.6. The summed E-state index contributed by atoms with van der Waals surface area (Å²) in [6.07, 6.45) is 0. The second kappa shape index (κ2) is 7.13. The second-order valence-electron chi connectivity index (χ2n) is 6.05. The fraction of sp³-hybridized carbons (Fsp3) is 0. The van der Waals surface area contributed by atoms with Crippen LogP contribution in [0.2, 0.25) is 5.02 Å². The first-order valence-corrected chi connectivity index (χ1v) is 8.67. The molecule has 0 saturated carbocycles. The molecule has 0 aliphatic heterocycles. The largest absolute Gasteiger partial charge is 0.355 e. The van der Waals surface area contributed by atoms with Gasteiger partial charge in [0.2, 0.25) is 0 Å². The average Bonchev–Trinajstić information content (AvgIpc) is 3.07. The summed E-state index contributed by atoms with van der Waals surface area (Å²) in [5.74, 6) is -0.484. The number of fused-ring (bicyclic) bond motifs is 1. The number of benzene rings is 3. The Kier molecular flexibility index (Phi) is 4.52. The first-order valence-electron chi connectivity index (χ1n) is 8.30. The maximum absolute atomic E-state index is 13.6. The normalized spacial score (nSPS) is 10.7. The number of amides is 2. The van der Waals surface area contributed by atoms with E-state index in [9.17, 15) is 9.18 Å². The van der Waals surface area contributed by atoms with Gasteiger partial charge in [0.15, 0.2) is 0 Å². The van der Waals surface area contributed by atoms with Crippen LogP contribution in [-0.2, 0) is 0 Å². The van der Waals surface area contributed by atoms with Crippen molar-refractivity contribution in [3.05, 3.63) is 83.6 Å². The summed E-state index contributed by atoms with van der Waals surface area (Å²) in [6, 6.07) is 20.6. The van der Waals surface area contributed by atoms with E-state index in [0.29, 0.717) is 10.7 Å². The third-order valence-electron chi connectivity index (χ3n) is 4.16. The highest BCUT2D eigenvalue weighted by Gasteiger charge is 2.08. The predicted octanol–water partition coefficient (Wildman–Crippen LogP) is 6.27. The predicted molar refractivity (Wildman–Crippen MR) is 108 cm³/mol. The van der Waals surface area contributed by atoms with Gasteiger partial charge in [-0.2, -0.15) is 0 Å². The van der Waals surface area contributed by atoms with E-state index in [1.165, 1.54) is 12.1 Å². The molecule has 4 nitrogen and oxygen atoms in total. The number of hydrogen-bond donors (Lipinski definition) is 3. The van der Waals surface area contributed by atoms with Crippen LogP contribution in [0.1, 0.15) is 0 Å². The molecule has 3 aromatic carbocycles. The first-order chi connectivity index (χ1) is 13.1. The zero-order chi connectivity index (χ0) is 18.8. The van der Waals surface area contributed by atoms with Crippen molar-refractivity contribution in [1.82, 2.24) is 4.98 Å². The van der Waals surface area contributed by atoms with Crippen LogP contribution in [0.5, 0.6) is 0 Å². The zero-order valence-corrected chi connectivity index (χ0v) is 14.8. The van der Waals surface area contributed by atoms with Crippen LogP contribution in [0.4, 0.5) is 20.6 Å². The Balaban J connectivity index is 1.48. The third-order valence-corrected chi connectivity index (χ3v) is 4.39. The molecule has 0 unspecified atom stereocenters. The molecular weight excluding hydrogens is 365 g/mol. The minimum atomic E-state index is -0.506. The standard InChI is InChI=1S/C21H15ClFN3O/c22-15-7-10-18-14(11-15)12-20(25-18)13-5-8-16(9-6-13)24-21(27)26-19-4-2-1-3-17(19)23/h1-12,25H,(H2,24,26,27). The van der Waals surface area contributed by atoms with Gasteiger partial charge in [-0.3, -0.25) is 0 Å². The molecule has 0 radical (unpaired) electrons. The number of aromatic nitrogens is 1. The molecular formula is C21H15ClFN3O. The molecule has 27 heavy (non-hydrogen) atoms. The molecule has 0 aliphatic rings. The van der Waals surface area contributed by atoms with E-state index in [1.54, 1.807) is 24.3 Å². The number of halogens is 2. The number of carbonyl (C=O) groups is 1. The number of para-hydroxylation sites is 1. The highest BCUT2D eigenvalue weighted by molar-refractivity contribution is 6.31. The van der Waals surface area contributed by atoms with Gasteiger partial charge in [0.1, 0.15) is 5.82 Å². The number of nitrogens with one attached hydrogen (secondary N) is 3. The Morgan fingerprint density at radius 2 is 1.70 bits per heavy atom. The lowest BCUT2D eigenvalue weighted by Crippen LogP contribution is -2.20. The van der Waals surface area contributed by atoms with Crippen molar-refractivity contribution >= 4 is 39.9 Å². The molecule has 0 spiro atoms. The fourth-order valence-electron chi connectivity index (χ4n) is 2.84. The van der Waals surface area contributed by atoms with Gasteiger partial charge in [0.05, 0.1) is 5.69 Å². The molecule has 4 rings (SSSR count). The van der Waals surface area contributed by atoms with Crippen molar-refractivity contribution in [1.29, 1.82) is 0 Å². The number of rotatable bonds is 3. The third kappa shape index (κ3) is 3.78. The van der Waals surface area contributed by atoms with Gasteiger partial charge in [-0.1, -0.05) is 35.9 Å². The highest BCUT2D eigenvalue weighted by atomic mass is 35.5. The second-order valence-corrected chi connectivity index (χ2v) is 6.49. The number of H-pyrrole nitrogens is 1. The minimum Gasteiger partial charge on any atom is -0.355 e. The minimum absolute atomic E-state index is 0.128. The monoisotopic (exact) mass is 379 g/mol. The van der Waals surface area contributed by atoms with Crippen molar-refractivity contribution in [3.8, 4) is 11.3 Å². The molecule has 3 N–H and O–H groups in total. The summed E-state index contributed by atoms with van der Waals surface area (Å²) in [5.41, 5.74) is 3.66. The SMILES string of the molecule is O=C(Nc1ccc(-c2cc3cc(Cl)ccc3[nH]2)cc1)Nc1ccccc1F. The molecule has 0 atom stereocenters. The number of anilines is 2. The molecule has 134 valence electrons. The summed E-state index contributed by atoms with van der Waals surface area (Å²) >= 11 is 6.03. The summed E-state index contributed by atoms with van der Waals surface area (Å²) in [7, 11) is 0. The Hall–Kier alpha value is -3.31. The van der Waals surface area contributed by atoms with E-state index in [2.05, 4.69) is 15.6 Å². The van der Waals surface area contributed by atoms with E-state index >= 15 is 0 Å². The molecule has 0 bridgehead atoms. The molecule has 0 aliphatic carbocycles. The smallest absolute Gasteiger partial charge is 0.323 e. The molecule has 4 aromatic rings. The van der Waals surface area contributed by atoms with Crippen molar-refractivity contribution in [2.75, 3.05) is 10.6 Å². The first kappa shape index (κ1) is 17.1. The highest BCUT2D eigenvalue weighted by Crippen LogP contribution is 2.27. The number of carbonyl (C=O) groups excluding carboxylic acids is 1. The van der Waals surface area contributed by atoms with Crippen molar-refractivity contribution in [3.63, 3.8) is 0 Å². The summed E-state index contributed by atoms with van der Waals surface area (Å²) in [5, 5.41) is 6.89. The molecule has 2 amide bonds.